The summed E-state index contributed by atoms with van der Waals surface area (Å²) < 4.78 is 6.10. The molecule has 0 spiro atoms. The third-order valence-electron chi connectivity index (χ3n) is 4.38. The fraction of sp³-hybridized carbons (Fsp3) is 0.263. The van der Waals surface area contributed by atoms with E-state index in [0.717, 1.165) is 29.8 Å². The Balaban J connectivity index is 1.73. The van der Waals surface area contributed by atoms with Gasteiger partial charge in [-0.05, 0) is 53.6 Å². The molecule has 2 unspecified atom stereocenters. The second kappa shape index (κ2) is 6.64. The van der Waals surface area contributed by atoms with Crippen molar-refractivity contribution in [2.24, 2.45) is 0 Å². The summed E-state index contributed by atoms with van der Waals surface area (Å²) in [6.45, 7) is 3.53. The van der Waals surface area contributed by atoms with E-state index in [2.05, 4.69) is 34.7 Å². The molecule has 0 bridgehead atoms. The molecule has 1 saturated heterocycles. The van der Waals surface area contributed by atoms with Crippen molar-refractivity contribution in [2.45, 2.75) is 19.1 Å². The predicted molar refractivity (Wildman–Crippen MR) is 101 cm³/mol. The molecule has 0 saturated carbocycles. The SMILES string of the molecule is CC1CN(c2cc(C#N)c3cc(Cl)ccc3n2)CC(c2ccsc2)O1. The standard InChI is InChI=1S/C19H16ClN3OS/c1-12-9-23(10-18(24-12)13-4-5-25-11-13)19-6-14(8-21)16-7-15(20)2-3-17(16)22-19/h2-7,11-12,18H,9-10H2,1H3. The molecule has 0 aliphatic carbocycles. The molecule has 2 atom stereocenters. The van der Waals surface area contributed by atoms with E-state index in [1.807, 2.05) is 12.1 Å². The molecule has 4 nitrogen and oxygen atoms in total. The summed E-state index contributed by atoms with van der Waals surface area (Å²) >= 11 is 7.74. The first-order valence-electron chi connectivity index (χ1n) is 8.07. The van der Waals surface area contributed by atoms with E-state index in [-0.39, 0.29) is 12.2 Å². The summed E-state index contributed by atoms with van der Waals surface area (Å²) in [5.41, 5.74) is 2.56. The first-order valence-corrected chi connectivity index (χ1v) is 9.39. The van der Waals surface area contributed by atoms with Gasteiger partial charge in [0.05, 0.1) is 23.3 Å². The van der Waals surface area contributed by atoms with Crippen molar-refractivity contribution in [1.82, 2.24) is 4.98 Å². The number of pyridine rings is 1. The lowest BCUT2D eigenvalue weighted by Gasteiger charge is -2.37. The van der Waals surface area contributed by atoms with Gasteiger partial charge < -0.3 is 9.64 Å². The molecule has 3 heterocycles. The molecule has 1 aliphatic heterocycles. The summed E-state index contributed by atoms with van der Waals surface area (Å²) in [6, 6.07) is 11.7. The van der Waals surface area contributed by atoms with Gasteiger partial charge in [0, 0.05) is 23.5 Å². The minimum atomic E-state index is 0.0169. The Hall–Kier alpha value is -2.13. The van der Waals surface area contributed by atoms with Crippen molar-refractivity contribution in [3.05, 3.63) is 57.2 Å². The van der Waals surface area contributed by atoms with Crippen LogP contribution < -0.4 is 4.90 Å². The number of nitriles is 1. The first-order chi connectivity index (χ1) is 12.1. The Morgan fingerprint density at radius 2 is 2.20 bits per heavy atom. The molecule has 0 N–H and O–H groups in total. The van der Waals surface area contributed by atoms with Gasteiger partial charge >= 0.3 is 0 Å². The van der Waals surface area contributed by atoms with Crippen LogP contribution in [0.5, 0.6) is 0 Å². The lowest BCUT2D eigenvalue weighted by atomic mass is 10.1. The van der Waals surface area contributed by atoms with Gasteiger partial charge in [0.15, 0.2) is 0 Å². The summed E-state index contributed by atoms with van der Waals surface area (Å²) in [5, 5.41) is 15.1. The average Bonchev–Trinajstić information content (AvgIpc) is 3.15. The quantitative estimate of drug-likeness (QED) is 0.651. The number of thiophene rings is 1. The normalized spacial score (nSPS) is 20.6. The van der Waals surface area contributed by atoms with Crippen molar-refractivity contribution < 1.29 is 4.74 Å². The van der Waals surface area contributed by atoms with Crippen LogP contribution in [0.15, 0.2) is 41.1 Å². The van der Waals surface area contributed by atoms with Gasteiger partial charge in [0.1, 0.15) is 11.9 Å². The highest BCUT2D eigenvalue weighted by atomic mass is 35.5. The molecular formula is C19H16ClN3OS. The van der Waals surface area contributed by atoms with Crippen LogP contribution in [0.2, 0.25) is 5.02 Å². The first kappa shape index (κ1) is 16.3. The number of nitrogens with zero attached hydrogens (tertiary/aromatic N) is 3. The summed E-state index contributed by atoms with van der Waals surface area (Å²) in [5.74, 6) is 0.807. The number of halogens is 1. The maximum Gasteiger partial charge on any atom is 0.130 e. The fourth-order valence-corrected chi connectivity index (χ4v) is 4.09. The van der Waals surface area contributed by atoms with Crippen molar-refractivity contribution >= 4 is 39.7 Å². The Kier molecular flexibility index (Phi) is 4.34. The third-order valence-corrected chi connectivity index (χ3v) is 5.31. The van der Waals surface area contributed by atoms with Gasteiger partial charge in [-0.15, -0.1) is 0 Å². The lowest BCUT2D eigenvalue weighted by Crippen LogP contribution is -2.43. The molecule has 3 aromatic rings. The summed E-state index contributed by atoms with van der Waals surface area (Å²) in [7, 11) is 0. The molecule has 1 fully saturated rings. The van der Waals surface area contributed by atoms with E-state index in [1.165, 1.54) is 5.56 Å². The lowest BCUT2D eigenvalue weighted by molar-refractivity contribution is -0.0173. The molecule has 0 amide bonds. The number of benzene rings is 1. The Labute approximate surface area is 155 Å². The van der Waals surface area contributed by atoms with E-state index in [9.17, 15) is 5.26 Å². The van der Waals surface area contributed by atoms with Crippen LogP contribution in [0.1, 0.15) is 24.2 Å². The van der Waals surface area contributed by atoms with E-state index in [0.29, 0.717) is 10.6 Å². The molecule has 1 aliphatic rings. The molecule has 4 rings (SSSR count). The van der Waals surface area contributed by atoms with E-state index >= 15 is 0 Å². The maximum atomic E-state index is 9.54. The number of fused-ring (bicyclic) bond motifs is 1. The zero-order chi connectivity index (χ0) is 17.4. The van der Waals surface area contributed by atoms with Crippen molar-refractivity contribution in [1.29, 1.82) is 5.26 Å². The smallest absolute Gasteiger partial charge is 0.130 e. The predicted octanol–water partition coefficient (Wildman–Crippen LogP) is 4.79. The van der Waals surface area contributed by atoms with Gasteiger partial charge in [0.2, 0.25) is 0 Å². The topological polar surface area (TPSA) is 49.2 Å². The monoisotopic (exact) mass is 369 g/mol. The zero-order valence-electron chi connectivity index (χ0n) is 13.6. The van der Waals surface area contributed by atoms with E-state index in [1.54, 1.807) is 23.5 Å². The van der Waals surface area contributed by atoms with Crippen LogP contribution in [-0.4, -0.2) is 24.2 Å². The minimum absolute atomic E-state index is 0.0169. The van der Waals surface area contributed by atoms with Crippen molar-refractivity contribution in [3.63, 3.8) is 0 Å². The minimum Gasteiger partial charge on any atom is -0.367 e. The van der Waals surface area contributed by atoms with Crippen molar-refractivity contribution in [3.8, 4) is 6.07 Å². The Bertz CT molecular complexity index is 951. The van der Waals surface area contributed by atoms with Crippen LogP contribution in [0.4, 0.5) is 5.82 Å². The largest absolute Gasteiger partial charge is 0.367 e. The number of rotatable bonds is 2. The average molecular weight is 370 g/mol. The molecule has 2 aromatic heterocycles. The zero-order valence-corrected chi connectivity index (χ0v) is 15.2. The number of morpholine rings is 1. The summed E-state index contributed by atoms with van der Waals surface area (Å²) in [6.07, 6.45) is 0.107. The van der Waals surface area contributed by atoms with Gasteiger partial charge in [0.25, 0.3) is 0 Å². The van der Waals surface area contributed by atoms with Gasteiger partial charge in [-0.25, -0.2) is 4.98 Å². The highest BCUT2D eigenvalue weighted by Gasteiger charge is 2.28. The third kappa shape index (κ3) is 3.21. The molecule has 0 radical (unpaired) electrons. The van der Waals surface area contributed by atoms with Crippen LogP contribution in [0.3, 0.4) is 0 Å². The van der Waals surface area contributed by atoms with Crippen LogP contribution in [0, 0.1) is 11.3 Å². The van der Waals surface area contributed by atoms with Crippen LogP contribution in [0.25, 0.3) is 10.9 Å². The number of anilines is 1. The van der Waals surface area contributed by atoms with E-state index in [4.69, 9.17) is 21.3 Å². The van der Waals surface area contributed by atoms with Gasteiger partial charge in [-0.1, -0.05) is 11.6 Å². The van der Waals surface area contributed by atoms with Crippen LogP contribution >= 0.6 is 22.9 Å². The number of hydrogen-bond donors (Lipinski definition) is 0. The molecule has 126 valence electrons. The van der Waals surface area contributed by atoms with E-state index < -0.39 is 0 Å². The number of hydrogen-bond acceptors (Lipinski definition) is 5. The molecular weight excluding hydrogens is 354 g/mol. The summed E-state index contributed by atoms with van der Waals surface area (Å²) in [4.78, 5) is 6.96. The highest BCUT2D eigenvalue weighted by molar-refractivity contribution is 7.07. The Morgan fingerprint density at radius 3 is 2.96 bits per heavy atom. The highest BCUT2D eigenvalue weighted by Crippen LogP contribution is 2.31. The second-order valence-corrected chi connectivity index (χ2v) is 7.41. The van der Waals surface area contributed by atoms with Crippen molar-refractivity contribution in [2.75, 3.05) is 18.0 Å². The van der Waals surface area contributed by atoms with Gasteiger partial charge in [-0.2, -0.15) is 16.6 Å². The second-order valence-electron chi connectivity index (χ2n) is 6.20. The molecule has 6 heteroatoms. The number of ether oxygens (including phenoxy) is 1. The number of aromatic nitrogens is 1. The van der Waals surface area contributed by atoms with Crippen LogP contribution in [-0.2, 0) is 4.74 Å². The molecule has 25 heavy (non-hydrogen) atoms. The fourth-order valence-electron chi connectivity index (χ4n) is 3.22. The Morgan fingerprint density at radius 1 is 1.32 bits per heavy atom. The van der Waals surface area contributed by atoms with Gasteiger partial charge in [-0.3, -0.25) is 0 Å². The maximum absolute atomic E-state index is 9.54. The molecule has 1 aromatic carbocycles.